The van der Waals surface area contributed by atoms with Crippen molar-refractivity contribution in [3.8, 4) is 10.9 Å². The molecule has 0 unspecified atom stereocenters. The van der Waals surface area contributed by atoms with Gasteiger partial charge in [-0.1, -0.05) is 29.5 Å². The van der Waals surface area contributed by atoms with Crippen LogP contribution in [0.15, 0.2) is 41.7 Å². The molecular formula is C24H24F3N3O3S. The number of nitrogens with zero attached hydrogens (tertiary/aromatic N) is 3. The van der Waals surface area contributed by atoms with E-state index < -0.39 is 23.7 Å². The fourth-order valence-corrected chi connectivity index (χ4v) is 4.12. The highest BCUT2D eigenvalue weighted by atomic mass is 32.1. The smallest absolute Gasteiger partial charge is 0.286 e. The largest absolute Gasteiger partial charge is 0.431 e. The highest BCUT2D eigenvalue weighted by Crippen LogP contribution is 2.37. The van der Waals surface area contributed by atoms with Crippen molar-refractivity contribution in [2.45, 2.75) is 46.6 Å². The van der Waals surface area contributed by atoms with E-state index >= 15 is 4.39 Å². The molecule has 0 saturated carbocycles. The molecule has 0 N–H and O–H groups in total. The number of nitroso groups, excluding NO2 is 1. The third-order valence-corrected chi connectivity index (χ3v) is 6.11. The summed E-state index contributed by atoms with van der Waals surface area (Å²) in [7, 11) is 0. The first-order valence-corrected chi connectivity index (χ1v) is 11.4. The van der Waals surface area contributed by atoms with Gasteiger partial charge in [-0.2, -0.15) is 0 Å². The first kappa shape index (κ1) is 25.4. The normalized spacial score (nSPS) is 11.0. The Kier molecular flexibility index (Phi) is 8.38. The van der Waals surface area contributed by atoms with E-state index in [9.17, 15) is 18.5 Å². The van der Waals surface area contributed by atoms with Crippen molar-refractivity contribution in [1.82, 2.24) is 4.98 Å². The van der Waals surface area contributed by atoms with Crippen LogP contribution in [0.5, 0.6) is 10.9 Å². The van der Waals surface area contributed by atoms with Crippen molar-refractivity contribution in [1.29, 1.82) is 0 Å². The average molecular weight is 492 g/mol. The molecule has 0 fully saturated rings. The van der Waals surface area contributed by atoms with E-state index in [0.29, 0.717) is 13.0 Å². The van der Waals surface area contributed by atoms with E-state index in [-0.39, 0.29) is 29.6 Å². The van der Waals surface area contributed by atoms with E-state index in [1.807, 2.05) is 32.0 Å². The molecule has 1 aromatic heterocycles. The van der Waals surface area contributed by atoms with Crippen LogP contribution in [0.3, 0.4) is 0 Å². The fourth-order valence-electron chi connectivity index (χ4n) is 3.49. The number of carbonyl (C=O) groups excluding carboxylic acids is 1. The molecule has 6 nitrogen and oxygen atoms in total. The number of hydrogen-bond acceptors (Lipinski definition) is 6. The molecule has 0 spiro atoms. The molecule has 0 saturated heterocycles. The summed E-state index contributed by atoms with van der Waals surface area (Å²) in [4.78, 5) is 28.0. The lowest BCUT2D eigenvalue weighted by atomic mass is 10.0. The number of carbonyl (C=O) groups is 1. The number of alkyl halides is 2. The zero-order chi connectivity index (χ0) is 24.8. The van der Waals surface area contributed by atoms with Crippen LogP contribution in [0, 0.1) is 24.6 Å². The number of anilines is 1. The summed E-state index contributed by atoms with van der Waals surface area (Å²) in [6.45, 7) is 6.16. The van der Waals surface area contributed by atoms with Crippen LogP contribution in [-0.2, 0) is 17.8 Å². The number of amides is 1. The topological polar surface area (TPSA) is 71.9 Å². The summed E-state index contributed by atoms with van der Waals surface area (Å²) in [6.07, 6.45) is -1.00. The van der Waals surface area contributed by atoms with Gasteiger partial charge in [-0.05, 0) is 49.9 Å². The number of aryl methyl sites for hydroxylation is 3. The highest BCUT2D eigenvalue weighted by molar-refractivity contribution is 7.13. The highest BCUT2D eigenvalue weighted by Gasteiger charge is 2.23. The fraction of sp³-hybridized carbons (Fsp3) is 0.333. The van der Waals surface area contributed by atoms with Crippen molar-refractivity contribution in [3.05, 3.63) is 74.4 Å². The van der Waals surface area contributed by atoms with Gasteiger partial charge in [0.15, 0.2) is 5.82 Å². The van der Waals surface area contributed by atoms with Gasteiger partial charge in [0, 0.05) is 41.8 Å². The zero-order valence-corrected chi connectivity index (χ0v) is 19.8. The molecule has 1 heterocycles. The van der Waals surface area contributed by atoms with Gasteiger partial charge in [0.25, 0.3) is 17.5 Å². The lowest BCUT2D eigenvalue weighted by molar-refractivity contribution is -0.117. The second-order valence-corrected chi connectivity index (χ2v) is 8.94. The van der Waals surface area contributed by atoms with Crippen molar-refractivity contribution in [2.24, 2.45) is 5.18 Å². The maximum absolute atomic E-state index is 15.1. The van der Waals surface area contributed by atoms with Crippen LogP contribution in [0.4, 0.5) is 18.9 Å². The van der Waals surface area contributed by atoms with Gasteiger partial charge < -0.3 is 9.64 Å². The van der Waals surface area contributed by atoms with Gasteiger partial charge in [0.05, 0.1) is 11.3 Å². The number of halogens is 3. The predicted molar refractivity (Wildman–Crippen MR) is 125 cm³/mol. The Morgan fingerprint density at radius 2 is 2.00 bits per heavy atom. The Balaban J connectivity index is 1.89. The zero-order valence-electron chi connectivity index (χ0n) is 19.0. The van der Waals surface area contributed by atoms with Gasteiger partial charge >= 0.3 is 0 Å². The first-order valence-electron chi connectivity index (χ1n) is 10.6. The molecule has 3 rings (SSSR count). The van der Waals surface area contributed by atoms with Gasteiger partial charge in [-0.3, -0.25) is 4.79 Å². The summed E-state index contributed by atoms with van der Waals surface area (Å²) < 4.78 is 48.0. The monoisotopic (exact) mass is 491 g/mol. The number of hydrogen-bond donors (Lipinski definition) is 0. The number of thiazole rings is 1. The number of rotatable bonds is 10. The molecular weight excluding hydrogens is 467 g/mol. The first-order chi connectivity index (χ1) is 16.2. The quantitative estimate of drug-likeness (QED) is 0.289. The van der Waals surface area contributed by atoms with Crippen LogP contribution in [0.1, 0.15) is 46.9 Å². The van der Waals surface area contributed by atoms with Gasteiger partial charge in [0.1, 0.15) is 5.75 Å². The second-order valence-electron chi connectivity index (χ2n) is 7.75. The minimum atomic E-state index is -3.01. The number of ether oxygens (including phenoxy) is 1. The minimum Gasteiger partial charge on any atom is -0.431 e. The van der Waals surface area contributed by atoms with Crippen molar-refractivity contribution in [2.75, 3.05) is 11.4 Å². The Hall–Kier alpha value is -3.27. The summed E-state index contributed by atoms with van der Waals surface area (Å²) >= 11 is 1.26. The number of benzene rings is 2. The molecule has 0 radical (unpaired) electrons. The van der Waals surface area contributed by atoms with Crippen LogP contribution >= 0.6 is 11.3 Å². The Labute approximate surface area is 199 Å². The van der Waals surface area contributed by atoms with E-state index in [1.165, 1.54) is 17.4 Å². The van der Waals surface area contributed by atoms with Crippen molar-refractivity contribution in [3.63, 3.8) is 0 Å². The van der Waals surface area contributed by atoms with Crippen LogP contribution in [-0.4, -0.2) is 17.4 Å². The molecule has 0 atom stereocenters. The maximum atomic E-state index is 15.1. The standard InChI is InChI=1S/C24H24F3N3O3S/c1-4-30(13-17-7-5-16(9-14(17)2)6-8-21(31)29-32)20-11-18(10-19(22(20)25)23(26)27)33-24-28-12-15(3)34-24/h5,7,9-12,23H,4,6,8,13H2,1-3H3. The Morgan fingerprint density at radius 3 is 2.59 bits per heavy atom. The molecule has 0 aliphatic rings. The lowest BCUT2D eigenvalue weighted by Gasteiger charge is -2.26. The Morgan fingerprint density at radius 1 is 1.24 bits per heavy atom. The molecule has 1 amide bonds. The van der Waals surface area contributed by atoms with E-state index in [0.717, 1.165) is 27.6 Å². The summed E-state index contributed by atoms with van der Waals surface area (Å²) in [6, 6.07) is 7.95. The third-order valence-electron chi connectivity index (χ3n) is 5.32. The molecule has 34 heavy (non-hydrogen) atoms. The van der Waals surface area contributed by atoms with Crippen LogP contribution in [0.25, 0.3) is 0 Å². The summed E-state index contributed by atoms with van der Waals surface area (Å²) in [5.41, 5.74) is 1.89. The SMILES string of the molecule is CCN(Cc1ccc(CCC(=O)N=O)cc1C)c1cc(Oc2ncc(C)s2)cc(C(F)F)c1F. The third kappa shape index (κ3) is 6.19. The van der Waals surface area contributed by atoms with Crippen LogP contribution < -0.4 is 9.64 Å². The lowest BCUT2D eigenvalue weighted by Crippen LogP contribution is -2.24. The Bertz CT molecular complexity index is 1180. The average Bonchev–Trinajstić information content (AvgIpc) is 3.22. The molecule has 10 heteroatoms. The van der Waals surface area contributed by atoms with E-state index in [1.54, 1.807) is 18.0 Å². The van der Waals surface area contributed by atoms with E-state index in [4.69, 9.17) is 4.74 Å². The molecule has 2 aromatic carbocycles. The van der Waals surface area contributed by atoms with E-state index in [2.05, 4.69) is 10.2 Å². The van der Waals surface area contributed by atoms with Crippen LogP contribution in [0.2, 0.25) is 0 Å². The predicted octanol–water partition coefficient (Wildman–Crippen LogP) is 6.88. The summed E-state index contributed by atoms with van der Waals surface area (Å²) in [5, 5.41) is 2.68. The molecule has 0 aliphatic carbocycles. The summed E-state index contributed by atoms with van der Waals surface area (Å²) in [5.74, 6) is -1.62. The van der Waals surface area contributed by atoms with Crippen molar-refractivity contribution < 1.29 is 22.7 Å². The molecule has 3 aromatic rings. The minimum absolute atomic E-state index is 0.00899. The van der Waals surface area contributed by atoms with Gasteiger partial charge in [-0.25, -0.2) is 18.2 Å². The number of aromatic nitrogens is 1. The van der Waals surface area contributed by atoms with Gasteiger partial charge in [0.2, 0.25) is 0 Å². The molecule has 0 bridgehead atoms. The van der Waals surface area contributed by atoms with Crippen molar-refractivity contribution >= 4 is 22.9 Å². The molecule has 180 valence electrons. The maximum Gasteiger partial charge on any atom is 0.286 e. The molecule has 0 aliphatic heterocycles. The second kappa shape index (κ2) is 11.2. The van der Waals surface area contributed by atoms with Gasteiger partial charge in [-0.15, -0.1) is 4.91 Å².